The number of thiol groups is 1. The van der Waals surface area contributed by atoms with E-state index in [2.05, 4.69) is 60.0 Å². The molecule has 172 valence electrons. The summed E-state index contributed by atoms with van der Waals surface area (Å²) in [6.45, 7) is 7.71. The molecule has 0 N–H and O–H groups in total. The SMILES string of the molecule is C/C(=C(/S)CN1CCN(c2ccc(Cl)cc2Cl)C(c2ccc(Cl)cc2)C1)c1ccccc1C. The molecule has 0 amide bonds. The molecule has 0 spiro atoms. The molecule has 0 bridgehead atoms. The first-order chi connectivity index (χ1) is 15.8. The van der Waals surface area contributed by atoms with Crippen LogP contribution in [0.2, 0.25) is 15.1 Å². The van der Waals surface area contributed by atoms with Gasteiger partial charge in [0.25, 0.3) is 0 Å². The smallest absolute Gasteiger partial charge is 0.0670 e. The molecule has 0 aliphatic carbocycles. The number of nitrogens with zero attached hydrogens (tertiary/aromatic N) is 2. The van der Waals surface area contributed by atoms with Crippen LogP contribution in [-0.2, 0) is 0 Å². The summed E-state index contributed by atoms with van der Waals surface area (Å²) < 4.78 is 0. The van der Waals surface area contributed by atoms with E-state index in [9.17, 15) is 0 Å². The Morgan fingerprint density at radius 1 is 0.939 bits per heavy atom. The van der Waals surface area contributed by atoms with Gasteiger partial charge in [0.2, 0.25) is 0 Å². The Bertz CT molecular complexity index is 1160. The Morgan fingerprint density at radius 2 is 1.64 bits per heavy atom. The zero-order valence-electron chi connectivity index (χ0n) is 18.7. The lowest BCUT2D eigenvalue weighted by Crippen LogP contribution is -2.49. The number of halogens is 3. The van der Waals surface area contributed by atoms with Crippen LogP contribution in [0.3, 0.4) is 0 Å². The van der Waals surface area contributed by atoms with E-state index in [4.69, 9.17) is 47.4 Å². The Balaban J connectivity index is 1.61. The van der Waals surface area contributed by atoms with Crippen molar-refractivity contribution in [1.82, 2.24) is 4.90 Å². The van der Waals surface area contributed by atoms with Crippen LogP contribution in [-0.4, -0.2) is 31.1 Å². The van der Waals surface area contributed by atoms with Gasteiger partial charge in [0, 0.05) is 36.2 Å². The minimum Gasteiger partial charge on any atom is -0.361 e. The van der Waals surface area contributed by atoms with Crippen molar-refractivity contribution in [3.63, 3.8) is 0 Å². The summed E-state index contributed by atoms with van der Waals surface area (Å²) in [6.07, 6.45) is 0. The summed E-state index contributed by atoms with van der Waals surface area (Å²) in [7, 11) is 0. The second-order valence-electron chi connectivity index (χ2n) is 8.48. The van der Waals surface area contributed by atoms with Gasteiger partial charge in [0.05, 0.1) is 16.8 Å². The second kappa shape index (κ2) is 10.8. The zero-order valence-corrected chi connectivity index (χ0v) is 21.9. The van der Waals surface area contributed by atoms with Crippen LogP contribution in [0.4, 0.5) is 5.69 Å². The van der Waals surface area contributed by atoms with Gasteiger partial charge in [0.15, 0.2) is 0 Å². The molecule has 1 aliphatic rings. The molecule has 4 rings (SSSR count). The number of rotatable bonds is 5. The van der Waals surface area contributed by atoms with Crippen molar-refractivity contribution in [2.24, 2.45) is 0 Å². The van der Waals surface area contributed by atoms with E-state index in [0.717, 1.165) is 41.8 Å². The van der Waals surface area contributed by atoms with Crippen molar-refractivity contribution < 1.29 is 0 Å². The van der Waals surface area contributed by atoms with Gasteiger partial charge < -0.3 is 4.90 Å². The molecule has 0 saturated carbocycles. The van der Waals surface area contributed by atoms with E-state index >= 15 is 0 Å². The third kappa shape index (κ3) is 5.72. The molecule has 0 radical (unpaired) electrons. The van der Waals surface area contributed by atoms with Crippen molar-refractivity contribution >= 4 is 58.7 Å². The van der Waals surface area contributed by atoms with E-state index in [0.29, 0.717) is 10.0 Å². The van der Waals surface area contributed by atoms with Crippen LogP contribution < -0.4 is 4.90 Å². The molecule has 1 unspecified atom stereocenters. The average Bonchev–Trinajstić information content (AvgIpc) is 2.80. The maximum Gasteiger partial charge on any atom is 0.0670 e. The lowest BCUT2D eigenvalue weighted by molar-refractivity contribution is 0.244. The van der Waals surface area contributed by atoms with E-state index < -0.39 is 0 Å². The molecule has 1 saturated heterocycles. The van der Waals surface area contributed by atoms with Gasteiger partial charge in [-0.1, -0.05) is 71.2 Å². The van der Waals surface area contributed by atoms with Gasteiger partial charge in [-0.25, -0.2) is 0 Å². The van der Waals surface area contributed by atoms with Crippen LogP contribution in [0.1, 0.15) is 29.7 Å². The van der Waals surface area contributed by atoms with Crippen molar-refractivity contribution in [1.29, 1.82) is 0 Å². The highest BCUT2D eigenvalue weighted by atomic mass is 35.5. The zero-order chi connectivity index (χ0) is 23.5. The maximum absolute atomic E-state index is 6.61. The summed E-state index contributed by atoms with van der Waals surface area (Å²) in [5.74, 6) is 0. The number of aryl methyl sites for hydroxylation is 1. The normalized spacial score (nSPS) is 17.8. The van der Waals surface area contributed by atoms with Crippen molar-refractivity contribution in [3.05, 3.63) is 103 Å². The van der Waals surface area contributed by atoms with Gasteiger partial charge in [-0.3, -0.25) is 4.90 Å². The number of anilines is 1. The number of piperazine rings is 1. The highest BCUT2D eigenvalue weighted by Gasteiger charge is 2.30. The molecule has 1 atom stereocenters. The van der Waals surface area contributed by atoms with Gasteiger partial charge in [-0.15, -0.1) is 12.6 Å². The summed E-state index contributed by atoms with van der Waals surface area (Å²) >= 11 is 23.9. The molecule has 2 nitrogen and oxygen atoms in total. The van der Waals surface area contributed by atoms with Gasteiger partial charge >= 0.3 is 0 Å². The van der Waals surface area contributed by atoms with Gasteiger partial charge in [-0.2, -0.15) is 0 Å². The fourth-order valence-electron chi connectivity index (χ4n) is 4.44. The first-order valence-electron chi connectivity index (χ1n) is 11.0. The fraction of sp³-hybridized carbons (Fsp3) is 0.259. The summed E-state index contributed by atoms with van der Waals surface area (Å²) in [5.41, 5.74) is 5.95. The molecule has 6 heteroatoms. The van der Waals surface area contributed by atoms with E-state index in [-0.39, 0.29) is 6.04 Å². The third-order valence-corrected chi connectivity index (χ3v) is 7.56. The predicted molar refractivity (Wildman–Crippen MR) is 147 cm³/mol. The monoisotopic (exact) mass is 516 g/mol. The molecule has 1 fully saturated rings. The Labute approximate surface area is 217 Å². The average molecular weight is 518 g/mol. The first-order valence-corrected chi connectivity index (χ1v) is 12.6. The number of allylic oxidation sites excluding steroid dienone is 1. The summed E-state index contributed by atoms with van der Waals surface area (Å²) in [4.78, 5) is 5.93. The van der Waals surface area contributed by atoms with Crippen LogP contribution in [0, 0.1) is 6.92 Å². The maximum atomic E-state index is 6.61. The lowest BCUT2D eigenvalue weighted by Gasteiger charge is -2.43. The topological polar surface area (TPSA) is 6.48 Å². The predicted octanol–water partition coefficient (Wildman–Crippen LogP) is 8.18. The Hall–Kier alpha value is -1.62. The molecule has 1 aliphatic heterocycles. The Kier molecular flexibility index (Phi) is 7.99. The molecular formula is C27H27Cl3N2S. The largest absolute Gasteiger partial charge is 0.361 e. The van der Waals surface area contributed by atoms with Crippen LogP contribution >= 0.6 is 47.4 Å². The minimum atomic E-state index is 0.134. The Morgan fingerprint density at radius 3 is 2.33 bits per heavy atom. The highest BCUT2D eigenvalue weighted by Crippen LogP contribution is 2.37. The van der Waals surface area contributed by atoms with E-state index in [1.807, 2.05) is 30.3 Å². The third-order valence-electron chi connectivity index (χ3n) is 6.29. The number of hydrogen-bond donors (Lipinski definition) is 1. The number of benzene rings is 3. The van der Waals surface area contributed by atoms with E-state index in [1.165, 1.54) is 22.3 Å². The lowest BCUT2D eigenvalue weighted by atomic mass is 10.00. The quantitative estimate of drug-likeness (QED) is 0.341. The number of hydrogen-bond acceptors (Lipinski definition) is 3. The van der Waals surface area contributed by atoms with Crippen molar-refractivity contribution in [2.75, 3.05) is 31.1 Å². The van der Waals surface area contributed by atoms with Gasteiger partial charge in [-0.05, 0) is 71.3 Å². The second-order valence-corrected chi connectivity index (χ2v) is 10.3. The van der Waals surface area contributed by atoms with Crippen molar-refractivity contribution in [2.45, 2.75) is 19.9 Å². The first kappa shape index (κ1) is 24.5. The molecule has 0 aromatic heterocycles. The molecular weight excluding hydrogens is 491 g/mol. The van der Waals surface area contributed by atoms with Crippen LogP contribution in [0.5, 0.6) is 0 Å². The van der Waals surface area contributed by atoms with Crippen molar-refractivity contribution in [3.8, 4) is 0 Å². The fourth-order valence-corrected chi connectivity index (χ4v) is 5.40. The standard InChI is InChI=1S/C27H27Cl3N2S/c1-18-5-3-4-6-23(18)19(2)27(33)17-31-13-14-32(25-12-11-22(29)15-24(25)30)26(16-31)20-7-9-21(28)10-8-20/h3-12,15,26,33H,13-14,16-17H2,1-2H3/b27-19-. The highest BCUT2D eigenvalue weighted by molar-refractivity contribution is 7.84. The van der Waals surface area contributed by atoms with Crippen LogP contribution in [0.15, 0.2) is 71.6 Å². The minimum absolute atomic E-state index is 0.134. The summed E-state index contributed by atoms with van der Waals surface area (Å²) in [6, 6.07) is 22.4. The van der Waals surface area contributed by atoms with Gasteiger partial charge in [0.1, 0.15) is 0 Å². The molecule has 33 heavy (non-hydrogen) atoms. The molecule has 3 aromatic carbocycles. The van der Waals surface area contributed by atoms with E-state index in [1.54, 1.807) is 0 Å². The molecule has 1 heterocycles. The van der Waals surface area contributed by atoms with Crippen LogP contribution in [0.25, 0.3) is 5.57 Å². The molecule has 3 aromatic rings. The summed E-state index contributed by atoms with van der Waals surface area (Å²) in [5, 5.41) is 2.04.